The largest absolute Gasteiger partial charge is 0.478 e. The van der Waals surface area contributed by atoms with Crippen LogP contribution in [0.4, 0.5) is 0 Å². The van der Waals surface area contributed by atoms with Gasteiger partial charge in [0, 0.05) is 18.5 Å². The Labute approximate surface area is 107 Å². The summed E-state index contributed by atoms with van der Waals surface area (Å²) in [5.41, 5.74) is 1.68. The Morgan fingerprint density at radius 2 is 2.17 bits per heavy atom. The average molecular weight is 248 g/mol. The van der Waals surface area contributed by atoms with Crippen LogP contribution < -0.4 is 10.1 Å². The molecule has 0 spiro atoms. The molecule has 0 saturated carbocycles. The van der Waals surface area contributed by atoms with Crippen molar-refractivity contribution in [3.05, 3.63) is 18.0 Å². The first-order chi connectivity index (χ1) is 8.72. The van der Waals surface area contributed by atoms with Gasteiger partial charge in [0.05, 0.1) is 12.1 Å². The molecule has 98 valence electrons. The first kappa shape index (κ1) is 12.8. The van der Waals surface area contributed by atoms with E-state index in [9.17, 15) is 0 Å². The zero-order chi connectivity index (χ0) is 13.0. The first-order valence-electron chi connectivity index (χ1n) is 6.44. The summed E-state index contributed by atoms with van der Waals surface area (Å²) >= 11 is 0. The van der Waals surface area contributed by atoms with Crippen LogP contribution in [0.15, 0.2) is 12.1 Å². The van der Waals surface area contributed by atoms with E-state index >= 15 is 0 Å². The minimum Gasteiger partial charge on any atom is -0.478 e. The van der Waals surface area contributed by atoms with Crippen molar-refractivity contribution in [2.75, 3.05) is 13.2 Å². The second-order valence-electron chi connectivity index (χ2n) is 4.30. The number of aromatic nitrogens is 3. The second-order valence-corrected chi connectivity index (χ2v) is 4.30. The molecule has 0 radical (unpaired) electrons. The molecule has 0 aromatic carbocycles. The van der Waals surface area contributed by atoms with E-state index in [0.29, 0.717) is 18.5 Å². The Bertz CT molecular complexity index is 509. The van der Waals surface area contributed by atoms with Crippen LogP contribution in [0.5, 0.6) is 5.88 Å². The Balaban J connectivity index is 2.16. The Morgan fingerprint density at radius 3 is 2.89 bits per heavy atom. The van der Waals surface area contributed by atoms with Gasteiger partial charge < -0.3 is 15.0 Å². The predicted molar refractivity (Wildman–Crippen MR) is 71.9 cm³/mol. The van der Waals surface area contributed by atoms with E-state index in [0.717, 1.165) is 30.0 Å². The monoisotopic (exact) mass is 248 g/mol. The summed E-state index contributed by atoms with van der Waals surface area (Å²) in [4.78, 5) is 12.1. The summed E-state index contributed by atoms with van der Waals surface area (Å²) in [6, 6.07) is 4.23. The highest BCUT2D eigenvalue weighted by Gasteiger charge is 2.08. The molecule has 2 rings (SSSR count). The molecule has 2 heterocycles. The normalized spacial score (nSPS) is 12.8. The number of H-pyrrole nitrogens is 1. The van der Waals surface area contributed by atoms with Crippen LogP contribution in [0.25, 0.3) is 11.2 Å². The zero-order valence-electron chi connectivity index (χ0n) is 11.2. The maximum atomic E-state index is 5.37. The van der Waals surface area contributed by atoms with Gasteiger partial charge in [0.2, 0.25) is 5.88 Å². The van der Waals surface area contributed by atoms with E-state index in [1.165, 1.54) is 0 Å². The van der Waals surface area contributed by atoms with Crippen molar-refractivity contribution in [2.24, 2.45) is 0 Å². The summed E-state index contributed by atoms with van der Waals surface area (Å²) in [6.07, 6.45) is 0.869. The number of likely N-dealkylation sites (N-methyl/N-ethyl adjacent to an activating group) is 1. The van der Waals surface area contributed by atoms with Crippen molar-refractivity contribution < 1.29 is 4.74 Å². The number of ether oxygens (including phenoxy) is 1. The minimum atomic E-state index is 0.405. The van der Waals surface area contributed by atoms with E-state index in [-0.39, 0.29) is 0 Å². The number of aromatic amines is 1. The summed E-state index contributed by atoms with van der Waals surface area (Å²) in [5, 5.41) is 3.36. The molecule has 0 bridgehead atoms. The SMILES string of the molecule is CCNC(C)Cc1nc2nc(OCC)ccc2[nH]1. The molecule has 0 aliphatic rings. The van der Waals surface area contributed by atoms with Gasteiger partial charge in [0.25, 0.3) is 0 Å². The average Bonchev–Trinajstić information content (AvgIpc) is 2.71. The lowest BCUT2D eigenvalue weighted by atomic mass is 10.2. The number of hydrogen-bond acceptors (Lipinski definition) is 4. The van der Waals surface area contributed by atoms with Gasteiger partial charge in [-0.2, -0.15) is 4.98 Å². The minimum absolute atomic E-state index is 0.405. The van der Waals surface area contributed by atoms with Crippen molar-refractivity contribution in [1.82, 2.24) is 20.3 Å². The molecule has 5 nitrogen and oxygen atoms in total. The molecule has 0 aliphatic carbocycles. The predicted octanol–water partition coefficient (Wildman–Crippen LogP) is 1.90. The highest BCUT2D eigenvalue weighted by molar-refractivity contribution is 5.71. The standard InChI is InChI=1S/C13H20N4O/c1-4-14-9(3)8-11-15-10-6-7-12(18-5-2)17-13(10)16-11/h6-7,9,14H,4-5,8H2,1-3H3,(H,15,16,17). The molecular formula is C13H20N4O. The quantitative estimate of drug-likeness (QED) is 0.819. The first-order valence-corrected chi connectivity index (χ1v) is 6.44. The molecular weight excluding hydrogens is 228 g/mol. The zero-order valence-corrected chi connectivity index (χ0v) is 11.2. The summed E-state index contributed by atoms with van der Waals surface area (Å²) in [7, 11) is 0. The number of fused-ring (bicyclic) bond motifs is 1. The van der Waals surface area contributed by atoms with Crippen molar-refractivity contribution in [3.63, 3.8) is 0 Å². The third-order valence-corrected chi connectivity index (χ3v) is 2.71. The van der Waals surface area contributed by atoms with Gasteiger partial charge in [-0.1, -0.05) is 6.92 Å². The van der Waals surface area contributed by atoms with E-state index < -0.39 is 0 Å². The molecule has 5 heteroatoms. The number of imidazole rings is 1. The van der Waals surface area contributed by atoms with E-state index in [1.807, 2.05) is 19.1 Å². The van der Waals surface area contributed by atoms with Gasteiger partial charge in [-0.15, -0.1) is 0 Å². The van der Waals surface area contributed by atoms with Crippen molar-refractivity contribution >= 4 is 11.2 Å². The van der Waals surface area contributed by atoms with Crippen LogP contribution in [0, 0.1) is 0 Å². The van der Waals surface area contributed by atoms with Crippen LogP contribution in [0.1, 0.15) is 26.6 Å². The van der Waals surface area contributed by atoms with Gasteiger partial charge >= 0.3 is 0 Å². The van der Waals surface area contributed by atoms with E-state index in [4.69, 9.17) is 4.74 Å². The number of hydrogen-bond donors (Lipinski definition) is 2. The molecule has 0 aliphatic heterocycles. The molecule has 0 saturated heterocycles. The Morgan fingerprint density at radius 1 is 1.33 bits per heavy atom. The Hall–Kier alpha value is -1.62. The Kier molecular flexibility index (Phi) is 4.15. The van der Waals surface area contributed by atoms with Gasteiger partial charge in [-0.05, 0) is 26.5 Å². The molecule has 0 fully saturated rings. The molecule has 18 heavy (non-hydrogen) atoms. The van der Waals surface area contributed by atoms with Gasteiger partial charge in [0.1, 0.15) is 5.82 Å². The van der Waals surface area contributed by atoms with Crippen molar-refractivity contribution in [1.29, 1.82) is 0 Å². The maximum Gasteiger partial charge on any atom is 0.215 e. The molecule has 1 atom stereocenters. The summed E-state index contributed by atoms with van der Waals surface area (Å²) < 4.78 is 5.37. The fourth-order valence-corrected chi connectivity index (χ4v) is 1.96. The van der Waals surface area contributed by atoms with Gasteiger partial charge in [-0.25, -0.2) is 4.98 Å². The van der Waals surface area contributed by atoms with Crippen LogP contribution >= 0.6 is 0 Å². The number of rotatable bonds is 6. The smallest absolute Gasteiger partial charge is 0.215 e. The maximum absolute atomic E-state index is 5.37. The molecule has 0 amide bonds. The third-order valence-electron chi connectivity index (χ3n) is 2.71. The van der Waals surface area contributed by atoms with Crippen molar-refractivity contribution in [2.45, 2.75) is 33.2 Å². The van der Waals surface area contributed by atoms with E-state index in [2.05, 4.69) is 34.1 Å². The van der Waals surface area contributed by atoms with E-state index in [1.54, 1.807) is 0 Å². The van der Waals surface area contributed by atoms with Crippen LogP contribution in [0.3, 0.4) is 0 Å². The lowest BCUT2D eigenvalue weighted by Gasteiger charge is -2.09. The lowest BCUT2D eigenvalue weighted by molar-refractivity contribution is 0.328. The summed E-state index contributed by atoms with van der Waals surface area (Å²) in [5.74, 6) is 1.59. The molecule has 2 N–H and O–H groups in total. The van der Waals surface area contributed by atoms with Crippen molar-refractivity contribution in [3.8, 4) is 5.88 Å². The number of nitrogens with zero attached hydrogens (tertiary/aromatic N) is 2. The fourth-order valence-electron chi connectivity index (χ4n) is 1.96. The van der Waals surface area contributed by atoms with Crippen LogP contribution in [0.2, 0.25) is 0 Å². The second kappa shape index (κ2) is 5.82. The van der Waals surface area contributed by atoms with Crippen LogP contribution in [-0.2, 0) is 6.42 Å². The highest BCUT2D eigenvalue weighted by atomic mass is 16.5. The number of nitrogens with one attached hydrogen (secondary N) is 2. The van der Waals surface area contributed by atoms with Crippen LogP contribution in [-0.4, -0.2) is 34.1 Å². The molecule has 2 aromatic heterocycles. The summed E-state index contributed by atoms with van der Waals surface area (Å²) in [6.45, 7) is 7.78. The van der Waals surface area contributed by atoms with Gasteiger partial charge in [0.15, 0.2) is 5.65 Å². The van der Waals surface area contributed by atoms with Gasteiger partial charge in [-0.3, -0.25) is 0 Å². The lowest BCUT2D eigenvalue weighted by Crippen LogP contribution is -2.27. The topological polar surface area (TPSA) is 62.8 Å². The molecule has 2 aromatic rings. The number of pyridine rings is 1. The highest BCUT2D eigenvalue weighted by Crippen LogP contribution is 2.15. The third kappa shape index (κ3) is 2.98. The molecule has 1 unspecified atom stereocenters. The fraction of sp³-hybridized carbons (Fsp3) is 0.538.